The van der Waals surface area contributed by atoms with Crippen molar-refractivity contribution in [2.75, 3.05) is 0 Å². The molecule has 0 amide bonds. The summed E-state index contributed by atoms with van der Waals surface area (Å²) in [6.45, 7) is 6.19. The highest BCUT2D eigenvalue weighted by molar-refractivity contribution is 14.1. The van der Waals surface area contributed by atoms with Crippen LogP contribution in [0, 0.1) is 12.1 Å². The third kappa shape index (κ3) is 3.85. The number of hydrogen-bond acceptors (Lipinski definition) is 3. The van der Waals surface area contributed by atoms with E-state index in [1.54, 1.807) is 17.4 Å². The number of aromatic nitrogens is 1. The number of hydrogen-bond donors (Lipinski definition) is 0. The van der Waals surface area contributed by atoms with Gasteiger partial charge in [0.2, 0.25) is 0 Å². The first-order valence-electron chi connectivity index (χ1n) is 6.44. The number of rotatable bonds is 5. The molecule has 1 unspecified atom stereocenters. The maximum atomic E-state index is 11.7. The SMILES string of the molecule is Cc1csc(OC(C)(C)C(I)Cc2cccc[n+]2[O-])c1. The van der Waals surface area contributed by atoms with Gasteiger partial charge in [-0.15, -0.1) is 11.3 Å². The molecule has 2 heterocycles. The average Bonchev–Trinajstić information content (AvgIpc) is 2.76. The molecule has 0 aliphatic carbocycles. The maximum absolute atomic E-state index is 11.7. The molecule has 0 fully saturated rings. The van der Waals surface area contributed by atoms with Crippen LogP contribution in [0.15, 0.2) is 35.8 Å². The quantitative estimate of drug-likeness (QED) is 0.329. The minimum Gasteiger partial charge on any atom is -0.619 e. The van der Waals surface area contributed by atoms with Gasteiger partial charge >= 0.3 is 0 Å². The van der Waals surface area contributed by atoms with Crippen LogP contribution in [-0.2, 0) is 6.42 Å². The van der Waals surface area contributed by atoms with E-state index in [1.165, 1.54) is 11.8 Å². The van der Waals surface area contributed by atoms with Crippen LogP contribution >= 0.6 is 33.9 Å². The molecule has 0 saturated carbocycles. The number of alkyl halides is 1. The summed E-state index contributed by atoms with van der Waals surface area (Å²) in [5.74, 6) is 0. The van der Waals surface area contributed by atoms with Gasteiger partial charge in [-0.25, -0.2) is 0 Å². The molecule has 3 nitrogen and oxygen atoms in total. The molecular formula is C15H18INO2S. The van der Waals surface area contributed by atoms with E-state index >= 15 is 0 Å². The Kier molecular flexibility index (Phi) is 4.90. The zero-order valence-electron chi connectivity index (χ0n) is 11.8. The molecule has 0 bridgehead atoms. The van der Waals surface area contributed by atoms with Gasteiger partial charge in [-0.05, 0) is 37.8 Å². The fourth-order valence-corrected chi connectivity index (χ4v) is 3.30. The molecule has 2 aromatic heterocycles. The highest BCUT2D eigenvalue weighted by Crippen LogP contribution is 2.31. The van der Waals surface area contributed by atoms with E-state index < -0.39 is 0 Å². The number of nitrogens with zero attached hydrogens (tertiary/aromatic N) is 1. The Hall–Kier alpha value is -0.820. The molecule has 0 aliphatic heterocycles. The van der Waals surface area contributed by atoms with Gasteiger partial charge in [-0.3, -0.25) is 0 Å². The molecule has 0 N–H and O–H groups in total. The van der Waals surface area contributed by atoms with Crippen molar-refractivity contribution in [3.8, 4) is 5.06 Å². The summed E-state index contributed by atoms with van der Waals surface area (Å²) in [6, 6.07) is 7.55. The lowest BCUT2D eigenvalue weighted by Crippen LogP contribution is -2.42. The van der Waals surface area contributed by atoms with Crippen LogP contribution in [0.3, 0.4) is 0 Å². The Labute approximate surface area is 137 Å². The first-order chi connectivity index (χ1) is 9.38. The van der Waals surface area contributed by atoms with Gasteiger partial charge in [0.15, 0.2) is 17.0 Å². The van der Waals surface area contributed by atoms with Crippen LogP contribution in [0.5, 0.6) is 5.06 Å². The molecule has 0 spiro atoms. The van der Waals surface area contributed by atoms with Gasteiger partial charge in [-0.2, -0.15) is 4.73 Å². The zero-order valence-corrected chi connectivity index (χ0v) is 14.8. The molecule has 1 atom stereocenters. The minimum atomic E-state index is -0.333. The summed E-state index contributed by atoms with van der Waals surface area (Å²) in [5.41, 5.74) is 1.65. The zero-order chi connectivity index (χ0) is 14.8. The smallest absolute Gasteiger partial charge is 0.193 e. The molecule has 2 rings (SSSR count). The van der Waals surface area contributed by atoms with Gasteiger partial charge in [0.1, 0.15) is 5.60 Å². The van der Waals surface area contributed by atoms with Gasteiger partial charge in [-0.1, -0.05) is 28.7 Å². The lowest BCUT2D eigenvalue weighted by atomic mass is 10.0. The van der Waals surface area contributed by atoms with E-state index in [2.05, 4.69) is 48.7 Å². The van der Waals surface area contributed by atoms with Crippen molar-refractivity contribution in [2.45, 2.75) is 36.7 Å². The monoisotopic (exact) mass is 403 g/mol. The van der Waals surface area contributed by atoms with E-state index in [-0.39, 0.29) is 9.53 Å². The molecule has 0 saturated heterocycles. The summed E-state index contributed by atoms with van der Waals surface area (Å²) < 4.78 is 7.22. The molecule has 5 heteroatoms. The van der Waals surface area contributed by atoms with Crippen molar-refractivity contribution in [1.29, 1.82) is 0 Å². The average molecular weight is 403 g/mol. The number of halogens is 1. The van der Waals surface area contributed by atoms with Crippen LogP contribution in [0.4, 0.5) is 0 Å². The highest BCUT2D eigenvalue weighted by Gasteiger charge is 2.32. The summed E-state index contributed by atoms with van der Waals surface area (Å²) >= 11 is 3.98. The largest absolute Gasteiger partial charge is 0.619 e. The fraction of sp³-hybridized carbons (Fsp3) is 0.400. The van der Waals surface area contributed by atoms with Crippen molar-refractivity contribution in [1.82, 2.24) is 0 Å². The predicted molar refractivity (Wildman–Crippen MR) is 90.7 cm³/mol. The second kappa shape index (κ2) is 6.30. The third-order valence-electron chi connectivity index (χ3n) is 3.12. The minimum absolute atomic E-state index is 0.199. The van der Waals surface area contributed by atoms with E-state index in [9.17, 15) is 5.21 Å². The lowest BCUT2D eigenvalue weighted by Gasteiger charge is -2.30. The second-order valence-electron chi connectivity index (χ2n) is 5.34. The Morgan fingerprint density at radius 1 is 1.45 bits per heavy atom. The molecule has 0 radical (unpaired) electrons. The van der Waals surface area contributed by atoms with Crippen molar-refractivity contribution >= 4 is 33.9 Å². The molecule has 0 aromatic carbocycles. The summed E-state index contributed by atoms with van der Waals surface area (Å²) in [5, 5.41) is 14.7. The van der Waals surface area contributed by atoms with Crippen molar-refractivity contribution in [2.24, 2.45) is 0 Å². The van der Waals surface area contributed by atoms with Crippen LogP contribution < -0.4 is 9.47 Å². The third-order valence-corrected chi connectivity index (χ3v) is 5.98. The number of aryl methyl sites for hydroxylation is 1. The number of pyridine rings is 1. The summed E-state index contributed by atoms with van der Waals surface area (Å²) in [6.07, 6.45) is 2.22. The lowest BCUT2D eigenvalue weighted by molar-refractivity contribution is -0.614. The Bertz CT molecular complexity index is 583. The Morgan fingerprint density at radius 2 is 2.20 bits per heavy atom. The van der Waals surface area contributed by atoms with Crippen LogP contribution in [-0.4, -0.2) is 9.53 Å². The first-order valence-corrected chi connectivity index (χ1v) is 8.56. The van der Waals surface area contributed by atoms with Crippen LogP contribution in [0.2, 0.25) is 0 Å². The first kappa shape index (κ1) is 15.6. The number of thiophene rings is 1. The van der Waals surface area contributed by atoms with Gasteiger partial charge < -0.3 is 9.94 Å². The van der Waals surface area contributed by atoms with Crippen LogP contribution in [0.1, 0.15) is 25.1 Å². The molecule has 20 heavy (non-hydrogen) atoms. The summed E-state index contributed by atoms with van der Waals surface area (Å²) in [7, 11) is 0. The van der Waals surface area contributed by atoms with E-state index in [0.717, 1.165) is 15.5 Å². The Morgan fingerprint density at radius 3 is 2.80 bits per heavy atom. The van der Waals surface area contributed by atoms with Crippen molar-refractivity contribution in [3.63, 3.8) is 0 Å². The van der Waals surface area contributed by atoms with Crippen molar-refractivity contribution < 1.29 is 9.47 Å². The van der Waals surface area contributed by atoms with Crippen molar-refractivity contribution in [3.05, 3.63) is 52.3 Å². The second-order valence-corrected chi connectivity index (χ2v) is 7.72. The predicted octanol–water partition coefficient (Wildman–Crippen LogP) is 3.89. The number of ether oxygens (including phenoxy) is 1. The Balaban J connectivity index is 2.07. The molecule has 108 valence electrons. The summed E-state index contributed by atoms with van der Waals surface area (Å²) in [4.78, 5) is 0. The van der Waals surface area contributed by atoms with E-state index in [0.29, 0.717) is 6.42 Å². The van der Waals surface area contributed by atoms with Crippen LogP contribution in [0.25, 0.3) is 0 Å². The highest BCUT2D eigenvalue weighted by atomic mass is 127. The molecular weight excluding hydrogens is 385 g/mol. The molecule has 2 aromatic rings. The molecule has 0 aliphatic rings. The van der Waals surface area contributed by atoms with Gasteiger partial charge in [0, 0.05) is 18.6 Å². The topological polar surface area (TPSA) is 36.2 Å². The van der Waals surface area contributed by atoms with E-state index in [4.69, 9.17) is 4.74 Å². The van der Waals surface area contributed by atoms with E-state index in [1.807, 2.05) is 18.2 Å². The maximum Gasteiger partial charge on any atom is 0.193 e. The standard InChI is InChI=1S/C15H18INO2S/c1-11-8-14(20-10-11)19-15(2,3)13(16)9-12-6-4-5-7-17(12)18/h4-8,10,13H,9H2,1-3H3. The van der Waals surface area contributed by atoms with Gasteiger partial charge in [0.05, 0.1) is 3.92 Å². The normalized spacial score (nSPS) is 13.2. The van der Waals surface area contributed by atoms with Gasteiger partial charge in [0.25, 0.3) is 0 Å². The fourth-order valence-electron chi connectivity index (χ4n) is 1.83.